The Hall–Kier alpha value is -1.16. The van der Waals surface area contributed by atoms with Crippen molar-refractivity contribution in [3.63, 3.8) is 0 Å². The molecule has 1 aromatic heterocycles. The molecule has 3 N–H and O–H groups in total. The molecule has 0 bridgehead atoms. The summed E-state index contributed by atoms with van der Waals surface area (Å²) in [6.07, 6.45) is 2.71. The number of aryl methyl sites for hydroxylation is 1. The first-order chi connectivity index (χ1) is 7.13. The maximum Gasteiger partial charge on any atom is 0.223 e. The first-order valence-electron chi connectivity index (χ1n) is 5.39. The third-order valence-corrected chi connectivity index (χ3v) is 2.39. The van der Waals surface area contributed by atoms with E-state index in [1.807, 2.05) is 13.0 Å². The summed E-state index contributed by atoms with van der Waals surface area (Å²) in [7, 11) is 0. The molecule has 0 aliphatic carbocycles. The van der Waals surface area contributed by atoms with Gasteiger partial charge in [-0.1, -0.05) is 13.8 Å². The van der Waals surface area contributed by atoms with Crippen molar-refractivity contribution in [2.45, 2.75) is 33.2 Å². The predicted molar refractivity (Wildman–Crippen MR) is 62.7 cm³/mol. The number of nitrogens with zero attached hydrogens (tertiary/aromatic N) is 2. The Morgan fingerprint density at radius 2 is 2.20 bits per heavy atom. The van der Waals surface area contributed by atoms with Crippen LogP contribution in [0.25, 0.3) is 0 Å². The van der Waals surface area contributed by atoms with Crippen LogP contribution in [0.2, 0.25) is 0 Å². The van der Waals surface area contributed by atoms with Gasteiger partial charge in [-0.2, -0.15) is 0 Å². The summed E-state index contributed by atoms with van der Waals surface area (Å²) in [5, 5.41) is 3.32. The summed E-state index contributed by atoms with van der Waals surface area (Å²) >= 11 is 0. The van der Waals surface area contributed by atoms with Crippen molar-refractivity contribution in [1.29, 1.82) is 0 Å². The lowest BCUT2D eigenvalue weighted by molar-refractivity contribution is 0.496. The smallest absolute Gasteiger partial charge is 0.223 e. The summed E-state index contributed by atoms with van der Waals surface area (Å²) in [6, 6.07) is 2.23. The molecule has 1 rings (SSSR count). The van der Waals surface area contributed by atoms with E-state index in [-0.39, 0.29) is 0 Å². The summed E-state index contributed by atoms with van der Waals surface area (Å²) in [5.74, 6) is 1.22. The number of nitrogens with one attached hydrogen (secondary N) is 1. The predicted octanol–water partition coefficient (Wildman–Crippen LogP) is 1.57. The first-order valence-corrected chi connectivity index (χ1v) is 5.39. The Balaban J connectivity index is 2.65. The average Bonchev–Trinajstić information content (AvgIpc) is 2.17. The fourth-order valence-electron chi connectivity index (χ4n) is 1.44. The van der Waals surface area contributed by atoms with Crippen LogP contribution >= 0.6 is 0 Å². The highest BCUT2D eigenvalue weighted by Gasteiger charge is 2.13. The van der Waals surface area contributed by atoms with Gasteiger partial charge in [-0.15, -0.1) is 0 Å². The van der Waals surface area contributed by atoms with Crippen LogP contribution in [0, 0.1) is 12.8 Å². The second kappa shape index (κ2) is 5.66. The Morgan fingerprint density at radius 1 is 1.47 bits per heavy atom. The summed E-state index contributed by atoms with van der Waals surface area (Å²) in [5.41, 5.74) is 6.54. The SMILES string of the molecule is Cc1ccnc(NC(CCN)C(C)C)n1. The van der Waals surface area contributed by atoms with E-state index in [1.54, 1.807) is 6.20 Å². The van der Waals surface area contributed by atoms with Crippen molar-refractivity contribution in [1.82, 2.24) is 9.97 Å². The van der Waals surface area contributed by atoms with Gasteiger partial charge in [0.15, 0.2) is 0 Å². The molecule has 0 saturated heterocycles. The van der Waals surface area contributed by atoms with Crippen molar-refractivity contribution < 1.29 is 0 Å². The molecule has 4 nitrogen and oxygen atoms in total. The largest absolute Gasteiger partial charge is 0.351 e. The van der Waals surface area contributed by atoms with Gasteiger partial charge in [-0.3, -0.25) is 0 Å². The lowest BCUT2D eigenvalue weighted by atomic mass is 10.0. The molecule has 0 aliphatic rings. The van der Waals surface area contributed by atoms with Crippen LogP contribution in [0.15, 0.2) is 12.3 Å². The van der Waals surface area contributed by atoms with Gasteiger partial charge in [0.1, 0.15) is 0 Å². The lowest BCUT2D eigenvalue weighted by Crippen LogP contribution is -2.29. The molecule has 0 radical (unpaired) electrons. The van der Waals surface area contributed by atoms with Crippen molar-refractivity contribution in [3.8, 4) is 0 Å². The Bertz CT molecular complexity index is 298. The highest BCUT2D eigenvalue weighted by atomic mass is 15.1. The molecule has 15 heavy (non-hydrogen) atoms. The summed E-state index contributed by atoms with van der Waals surface area (Å²) in [6.45, 7) is 6.98. The molecular formula is C11H20N4. The van der Waals surface area contributed by atoms with Gasteiger partial charge >= 0.3 is 0 Å². The van der Waals surface area contributed by atoms with Gasteiger partial charge in [0.2, 0.25) is 5.95 Å². The zero-order chi connectivity index (χ0) is 11.3. The van der Waals surface area contributed by atoms with Gasteiger partial charge in [0.25, 0.3) is 0 Å². The molecule has 1 heterocycles. The fraction of sp³-hybridized carbons (Fsp3) is 0.636. The number of aromatic nitrogens is 2. The number of rotatable bonds is 5. The Labute approximate surface area is 91.3 Å². The van der Waals surface area contributed by atoms with Gasteiger partial charge in [0.05, 0.1) is 0 Å². The van der Waals surface area contributed by atoms with Crippen LogP contribution in [0.5, 0.6) is 0 Å². The maximum atomic E-state index is 5.57. The van der Waals surface area contributed by atoms with E-state index in [0.717, 1.165) is 12.1 Å². The minimum absolute atomic E-state index is 0.344. The molecule has 0 amide bonds. The molecule has 0 spiro atoms. The molecular weight excluding hydrogens is 188 g/mol. The molecule has 1 unspecified atom stereocenters. The minimum atomic E-state index is 0.344. The zero-order valence-corrected chi connectivity index (χ0v) is 9.70. The van der Waals surface area contributed by atoms with Gasteiger partial charge in [-0.25, -0.2) is 9.97 Å². The molecule has 1 aromatic rings. The van der Waals surface area contributed by atoms with E-state index >= 15 is 0 Å². The minimum Gasteiger partial charge on any atom is -0.351 e. The monoisotopic (exact) mass is 208 g/mol. The van der Waals surface area contributed by atoms with E-state index in [1.165, 1.54) is 0 Å². The quantitative estimate of drug-likeness (QED) is 0.771. The molecule has 0 aliphatic heterocycles. The van der Waals surface area contributed by atoms with E-state index in [9.17, 15) is 0 Å². The fourth-order valence-corrected chi connectivity index (χ4v) is 1.44. The third kappa shape index (κ3) is 3.83. The maximum absolute atomic E-state index is 5.57. The topological polar surface area (TPSA) is 63.8 Å². The van der Waals surface area contributed by atoms with Crippen molar-refractivity contribution in [3.05, 3.63) is 18.0 Å². The molecule has 0 aromatic carbocycles. The van der Waals surface area contributed by atoms with E-state index in [0.29, 0.717) is 24.5 Å². The molecule has 1 atom stereocenters. The number of hydrogen-bond donors (Lipinski definition) is 2. The molecule has 0 fully saturated rings. The zero-order valence-electron chi connectivity index (χ0n) is 9.70. The van der Waals surface area contributed by atoms with Crippen LogP contribution in [0.1, 0.15) is 26.0 Å². The molecule has 4 heteroatoms. The lowest BCUT2D eigenvalue weighted by Gasteiger charge is -2.21. The van der Waals surface area contributed by atoms with Crippen LogP contribution in [0.4, 0.5) is 5.95 Å². The Kier molecular flexibility index (Phi) is 4.49. The van der Waals surface area contributed by atoms with E-state index in [4.69, 9.17) is 5.73 Å². The van der Waals surface area contributed by atoms with Crippen molar-refractivity contribution >= 4 is 5.95 Å². The van der Waals surface area contributed by atoms with E-state index in [2.05, 4.69) is 29.1 Å². The summed E-state index contributed by atoms with van der Waals surface area (Å²) in [4.78, 5) is 8.50. The van der Waals surface area contributed by atoms with E-state index < -0.39 is 0 Å². The summed E-state index contributed by atoms with van der Waals surface area (Å²) < 4.78 is 0. The van der Waals surface area contributed by atoms with Gasteiger partial charge < -0.3 is 11.1 Å². The second-order valence-corrected chi connectivity index (χ2v) is 4.09. The third-order valence-electron chi connectivity index (χ3n) is 2.39. The highest BCUT2D eigenvalue weighted by molar-refractivity contribution is 5.26. The Morgan fingerprint density at radius 3 is 2.73 bits per heavy atom. The van der Waals surface area contributed by atoms with Crippen molar-refractivity contribution in [2.24, 2.45) is 11.7 Å². The normalized spacial score (nSPS) is 12.9. The van der Waals surface area contributed by atoms with Crippen LogP contribution in [-0.2, 0) is 0 Å². The number of anilines is 1. The van der Waals surface area contributed by atoms with Crippen LogP contribution in [-0.4, -0.2) is 22.6 Å². The number of nitrogens with two attached hydrogens (primary N) is 1. The molecule has 0 saturated carbocycles. The highest BCUT2D eigenvalue weighted by Crippen LogP contribution is 2.11. The van der Waals surface area contributed by atoms with Gasteiger partial charge in [-0.05, 0) is 31.9 Å². The average molecular weight is 208 g/mol. The second-order valence-electron chi connectivity index (χ2n) is 4.09. The molecule has 84 valence electrons. The standard InChI is InChI=1S/C11H20N4/c1-8(2)10(4-6-12)15-11-13-7-5-9(3)14-11/h5,7-8,10H,4,6,12H2,1-3H3,(H,13,14,15). The number of hydrogen-bond acceptors (Lipinski definition) is 4. The first kappa shape index (κ1) is 11.9. The van der Waals surface area contributed by atoms with Crippen molar-refractivity contribution in [2.75, 3.05) is 11.9 Å². The van der Waals surface area contributed by atoms with Gasteiger partial charge in [0, 0.05) is 17.9 Å². The van der Waals surface area contributed by atoms with Crippen LogP contribution in [0.3, 0.4) is 0 Å². The van der Waals surface area contributed by atoms with Crippen LogP contribution < -0.4 is 11.1 Å².